The predicted molar refractivity (Wildman–Crippen MR) is 95.4 cm³/mol. The van der Waals surface area contributed by atoms with Crippen molar-refractivity contribution < 1.29 is 17.6 Å². The van der Waals surface area contributed by atoms with E-state index >= 15 is 0 Å². The number of alkyl halides is 3. The Labute approximate surface area is 161 Å². The molecular formula is C18H14F4N4OS. The first-order valence-electron chi connectivity index (χ1n) is 8.08. The van der Waals surface area contributed by atoms with Crippen molar-refractivity contribution in [2.75, 3.05) is 7.05 Å². The highest BCUT2D eigenvalue weighted by molar-refractivity contribution is 7.17. The molecule has 28 heavy (non-hydrogen) atoms. The van der Waals surface area contributed by atoms with E-state index in [2.05, 4.69) is 4.98 Å². The molecule has 0 bridgehead atoms. The van der Waals surface area contributed by atoms with E-state index in [9.17, 15) is 22.4 Å². The number of aryl methyl sites for hydroxylation is 1. The van der Waals surface area contributed by atoms with Gasteiger partial charge in [-0.05, 0) is 18.6 Å². The number of aromatic nitrogens is 2. The number of rotatable bonds is 4. The highest BCUT2D eigenvalue weighted by Crippen LogP contribution is 2.33. The Hall–Kier alpha value is -2.93. The van der Waals surface area contributed by atoms with Crippen LogP contribution in [-0.2, 0) is 19.1 Å². The van der Waals surface area contributed by atoms with Crippen LogP contribution in [0.2, 0.25) is 0 Å². The number of benzene rings is 1. The number of hydrogen-bond acceptors (Lipinski definition) is 5. The van der Waals surface area contributed by atoms with Crippen molar-refractivity contribution >= 4 is 16.3 Å². The molecule has 10 heteroatoms. The van der Waals surface area contributed by atoms with Crippen LogP contribution in [0.25, 0.3) is 4.96 Å². The lowest BCUT2D eigenvalue weighted by atomic mass is 10.0. The summed E-state index contributed by atoms with van der Waals surface area (Å²) in [6.45, 7) is 2.00. The molecule has 0 atom stereocenters. The minimum Gasteiger partial charge on any atom is -0.308 e. The third-order valence-corrected chi connectivity index (χ3v) is 5.17. The fourth-order valence-electron chi connectivity index (χ4n) is 2.84. The molecule has 0 spiro atoms. The molecule has 5 nitrogen and oxygen atoms in total. The van der Waals surface area contributed by atoms with Crippen LogP contribution in [0.4, 0.5) is 17.6 Å². The molecule has 0 saturated carbocycles. The Balaban J connectivity index is 2.03. The van der Waals surface area contributed by atoms with Gasteiger partial charge in [-0.2, -0.15) is 18.4 Å². The van der Waals surface area contributed by atoms with Crippen LogP contribution < -0.4 is 5.56 Å². The molecule has 0 radical (unpaired) electrons. The Bertz CT molecular complexity index is 1140. The maximum absolute atomic E-state index is 14.3. The van der Waals surface area contributed by atoms with Crippen LogP contribution in [0.5, 0.6) is 0 Å². The van der Waals surface area contributed by atoms with Gasteiger partial charge in [0.1, 0.15) is 5.82 Å². The number of fused-ring (bicyclic) bond motifs is 1. The molecule has 2 aromatic heterocycles. The van der Waals surface area contributed by atoms with Crippen molar-refractivity contribution in [1.29, 1.82) is 5.26 Å². The number of thiazole rings is 1. The van der Waals surface area contributed by atoms with Crippen molar-refractivity contribution in [3.05, 3.63) is 67.8 Å². The molecule has 3 aromatic rings. The SMILES string of the molecule is Cc1sc2nc(Cc3cccc(C(F)(F)F)c3F)cc(=O)n2c1CN(C)C#N. The van der Waals surface area contributed by atoms with Gasteiger partial charge in [0, 0.05) is 24.4 Å². The normalized spacial score (nSPS) is 11.6. The number of halogens is 4. The lowest BCUT2D eigenvalue weighted by Crippen LogP contribution is -2.20. The number of hydrogen-bond donors (Lipinski definition) is 0. The van der Waals surface area contributed by atoms with Crippen molar-refractivity contribution in [3.63, 3.8) is 0 Å². The minimum absolute atomic E-state index is 0.171. The molecule has 0 aliphatic heterocycles. The van der Waals surface area contributed by atoms with Crippen LogP contribution in [0.1, 0.15) is 27.4 Å². The molecule has 0 N–H and O–H groups in total. The van der Waals surface area contributed by atoms with E-state index < -0.39 is 23.1 Å². The zero-order valence-electron chi connectivity index (χ0n) is 14.8. The first-order chi connectivity index (χ1) is 13.1. The largest absolute Gasteiger partial charge is 0.419 e. The molecule has 3 rings (SSSR count). The second kappa shape index (κ2) is 7.24. The van der Waals surface area contributed by atoms with Gasteiger partial charge in [-0.1, -0.05) is 12.1 Å². The molecule has 0 aliphatic carbocycles. The Morgan fingerprint density at radius 3 is 2.71 bits per heavy atom. The average molecular weight is 410 g/mol. The molecule has 0 amide bonds. The zero-order chi connectivity index (χ0) is 20.6. The topological polar surface area (TPSA) is 61.4 Å². The van der Waals surface area contributed by atoms with Crippen LogP contribution in [-0.4, -0.2) is 21.3 Å². The first-order valence-corrected chi connectivity index (χ1v) is 8.90. The summed E-state index contributed by atoms with van der Waals surface area (Å²) in [6.07, 6.45) is -3.10. The Kier molecular flexibility index (Phi) is 5.12. The average Bonchev–Trinajstić information content (AvgIpc) is 2.91. The fraction of sp³-hybridized carbons (Fsp3) is 0.278. The third kappa shape index (κ3) is 3.71. The highest BCUT2D eigenvalue weighted by atomic mass is 32.1. The van der Waals surface area contributed by atoms with Gasteiger partial charge in [0.05, 0.1) is 23.5 Å². The van der Waals surface area contributed by atoms with Crippen molar-refractivity contribution in [3.8, 4) is 6.19 Å². The third-order valence-electron chi connectivity index (χ3n) is 4.18. The lowest BCUT2D eigenvalue weighted by Gasteiger charge is -2.11. The molecular weight excluding hydrogens is 396 g/mol. The summed E-state index contributed by atoms with van der Waals surface area (Å²) in [5, 5.41) is 8.94. The summed E-state index contributed by atoms with van der Waals surface area (Å²) >= 11 is 1.22. The van der Waals surface area contributed by atoms with Crippen LogP contribution >= 0.6 is 11.3 Å². The van der Waals surface area contributed by atoms with Gasteiger partial charge < -0.3 is 4.90 Å². The van der Waals surface area contributed by atoms with Crippen molar-refractivity contribution in [2.24, 2.45) is 0 Å². The van der Waals surface area contributed by atoms with E-state index in [1.807, 2.05) is 6.19 Å². The summed E-state index contributed by atoms with van der Waals surface area (Å²) in [6, 6.07) is 4.21. The smallest absolute Gasteiger partial charge is 0.308 e. The molecule has 0 saturated heterocycles. The van der Waals surface area contributed by atoms with Gasteiger partial charge in [0.15, 0.2) is 11.2 Å². The van der Waals surface area contributed by atoms with Gasteiger partial charge in [-0.3, -0.25) is 9.20 Å². The van der Waals surface area contributed by atoms with E-state index in [-0.39, 0.29) is 24.2 Å². The highest BCUT2D eigenvalue weighted by Gasteiger charge is 2.34. The monoisotopic (exact) mass is 410 g/mol. The van der Waals surface area contributed by atoms with Crippen molar-refractivity contribution in [2.45, 2.75) is 26.1 Å². The van der Waals surface area contributed by atoms with E-state index in [4.69, 9.17) is 5.26 Å². The van der Waals surface area contributed by atoms with Gasteiger partial charge in [0.25, 0.3) is 5.56 Å². The summed E-state index contributed by atoms with van der Waals surface area (Å²) < 4.78 is 54.3. The summed E-state index contributed by atoms with van der Waals surface area (Å²) in [5.41, 5.74) is -1.19. The van der Waals surface area contributed by atoms with Crippen LogP contribution in [0.3, 0.4) is 0 Å². The van der Waals surface area contributed by atoms with Crippen LogP contribution in [0, 0.1) is 24.2 Å². The van der Waals surface area contributed by atoms with Gasteiger partial charge in [0.2, 0.25) is 0 Å². The van der Waals surface area contributed by atoms with Crippen molar-refractivity contribution in [1.82, 2.24) is 14.3 Å². The maximum Gasteiger partial charge on any atom is 0.419 e. The van der Waals surface area contributed by atoms with Gasteiger partial charge in [-0.15, -0.1) is 11.3 Å². The maximum atomic E-state index is 14.3. The second-order valence-corrected chi connectivity index (χ2v) is 7.40. The second-order valence-electron chi connectivity index (χ2n) is 6.22. The number of nitriles is 1. The quantitative estimate of drug-likeness (QED) is 0.374. The van der Waals surface area contributed by atoms with Gasteiger partial charge >= 0.3 is 6.18 Å². The molecule has 146 valence electrons. The van der Waals surface area contributed by atoms with Crippen LogP contribution in [0.15, 0.2) is 29.1 Å². The molecule has 1 aromatic carbocycles. The number of nitrogens with zero attached hydrogens (tertiary/aromatic N) is 4. The molecule has 0 fully saturated rings. The van der Waals surface area contributed by atoms with Gasteiger partial charge in [-0.25, -0.2) is 9.37 Å². The zero-order valence-corrected chi connectivity index (χ0v) is 15.7. The lowest BCUT2D eigenvalue weighted by molar-refractivity contribution is -0.140. The van der Waals surface area contributed by atoms with E-state index in [1.54, 1.807) is 14.0 Å². The summed E-state index contributed by atoms with van der Waals surface area (Å²) in [4.78, 5) is 19.4. The summed E-state index contributed by atoms with van der Waals surface area (Å²) in [7, 11) is 1.58. The van der Waals surface area contributed by atoms with E-state index in [1.165, 1.54) is 32.8 Å². The van der Waals surface area contributed by atoms with E-state index in [0.717, 1.165) is 10.9 Å². The fourth-order valence-corrected chi connectivity index (χ4v) is 3.84. The summed E-state index contributed by atoms with van der Waals surface area (Å²) in [5.74, 6) is -1.37. The molecule has 0 aliphatic rings. The standard InChI is InChI=1S/C18H14F4N4OS/c1-10-14(8-25(2)9-23)26-15(27)7-12(24-17(26)28-10)6-11-4-3-5-13(16(11)19)18(20,21)22/h3-5,7H,6,8H2,1-2H3. The molecule has 0 unspecified atom stereocenters. The Morgan fingerprint density at radius 1 is 1.36 bits per heavy atom. The minimum atomic E-state index is -4.80. The van der Waals surface area contributed by atoms with E-state index in [0.29, 0.717) is 16.7 Å². The predicted octanol–water partition coefficient (Wildman–Crippen LogP) is 3.73. The first kappa shape index (κ1) is 19.8. The Morgan fingerprint density at radius 2 is 2.07 bits per heavy atom. The molecule has 2 heterocycles.